The van der Waals surface area contributed by atoms with Crippen LogP contribution < -0.4 is 5.32 Å². The minimum atomic E-state index is -0.569. The van der Waals surface area contributed by atoms with Gasteiger partial charge in [0.15, 0.2) is 0 Å². The highest BCUT2D eigenvalue weighted by Gasteiger charge is 2.36. The average Bonchev–Trinajstić information content (AvgIpc) is 2.35. The van der Waals surface area contributed by atoms with E-state index in [0.29, 0.717) is 10.3 Å². The van der Waals surface area contributed by atoms with Crippen molar-refractivity contribution in [3.8, 4) is 0 Å². The molecule has 0 aromatic heterocycles. The zero-order valence-corrected chi connectivity index (χ0v) is 13.7. The van der Waals surface area contributed by atoms with Gasteiger partial charge < -0.3 is 15.3 Å². The molecule has 0 radical (unpaired) electrons. The van der Waals surface area contributed by atoms with Crippen molar-refractivity contribution in [3.05, 3.63) is 11.4 Å². The summed E-state index contributed by atoms with van der Waals surface area (Å²) in [5.74, 6) is 0. The van der Waals surface area contributed by atoms with E-state index in [9.17, 15) is 5.11 Å². The van der Waals surface area contributed by atoms with Gasteiger partial charge in [0.25, 0.3) is 0 Å². The molecule has 3 nitrogen and oxygen atoms in total. The summed E-state index contributed by atoms with van der Waals surface area (Å²) in [6.07, 6.45) is 1.71. The number of hydrogen-bond acceptors (Lipinski definition) is 4. The maximum Gasteiger partial charge on any atom is 0.133 e. The second kappa shape index (κ2) is 6.71. The summed E-state index contributed by atoms with van der Waals surface area (Å²) in [6, 6.07) is 0. The van der Waals surface area contributed by atoms with Crippen molar-refractivity contribution in [2.75, 3.05) is 19.6 Å². The van der Waals surface area contributed by atoms with E-state index < -0.39 is 6.10 Å². The highest BCUT2D eigenvalue weighted by molar-refractivity contribution is 7.81. The number of hydrogen-bond donors (Lipinski definition) is 2. The van der Waals surface area contributed by atoms with E-state index in [1.165, 1.54) is 6.42 Å². The molecule has 0 saturated carbocycles. The number of thiocarbonyl (C=S) groups is 1. The molecule has 0 aliphatic heterocycles. The molecule has 4 heteroatoms. The molecule has 1 rings (SSSR count). The van der Waals surface area contributed by atoms with Crippen LogP contribution in [0.2, 0.25) is 0 Å². The molecule has 0 fully saturated rings. The van der Waals surface area contributed by atoms with E-state index >= 15 is 0 Å². The Morgan fingerprint density at radius 3 is 2.32 bits per heavy atom. The number of nitrogens with zero attached hydrogens (tertiary/aromatic N) is 1. The van der Waals surface area contributed by atoms with Gasteiger partial charge in [0.2, 0.25) is 0 Å². The second-order valence-electron chi connectivity index (χ2n) is 6.29. The first-order valence-corrected chi connectivity index (χ1v) is 7.68. The van der Waals surface area contributed by atoms with E-state index in [1.54, 1.807) is 0 Å². The van der Waals surface area contributed by atoms with Crippen LogP contribution in [0.5, 0.6) is 0 Å². The summed E-state index contributed by atoms with van der Waals surface area (Å²) in [5.41, 5.74) is 2.33. The minimum absolute atomic E-state index is 0.366. The zero-order valence-electron chi connectivity index (χ0n) is 12.9. The summed E-state index contributed by atoms with van der Waals surface area (Å²) < 4.78 is 0. The van der Waals surface area contributed by atoms with Gasteiger partial charge in [-0.1, -0.05) is 33.0 Å². The number of rotatable bonds is 7. The van der Waals surface area contributed by atoms with Crippen molar-refractivity contribution in [1.82, 2.24) is 10.2 Å². The smallest absolute Gasteiger partial charge is 0.133 e. The third-order valence-corrected chi connectivity index (χ3v) is 3.93. The van der Waals surface area contributed by atoms with E-state index in [0.717, 1.165) is 37.4 Å². The van der Waals surface area contributed by atoms with Gasteiger partial charge in [0.1, 0.15) is 6.10 Å². The topological polar surface area (TPSA) is 35.5 Å². The van der Waals surface area contributed by atoms with Crippen LogP contribution in [0.3, 0.4) is 0 Å². The van der Waals surface area contributed by atoms with Crippen molar-refractivity contribution in [2.45, 2.75) is 53.6 Å². The van der Waals surface area contributed by atoms with Crippen molar-refractivity contribution in [1.29, 1.82) is 0 Å². The first-order chi connectivity index (χ1) is 8.81. The Bertz CT molecular complexity index is 354. The van der Waals surface area contributed by atoms with Crippen molar-refractivity contribution in [3.63, 3.8) is 0 Å². The van der Waals surface area contributed by atoms with E-state index in [4.69, 9.17) is 12.2 Å². The Labute approximate surface area is 123 Å². The molecule has 0 amide bonds. The summed E-state index contributed by atoms with van der Waals surface area (Å²) in [7, 11) is 0. The van der Waals surface area contributed by atoms with Crippen LogP contribution in [0.4, 0.5) is 0 Å². The molecule has 1 aliphatic carbocycles. The third kappa shape index (κ3) is 4.18. The van der Waals surface area contributed by atoms with Crippen LogP contribution in [0, 0.1) is 5.41 Å². The predicted molar refractivity (Wildman–Crippen MR) is 85.2 cm³/mol. The molecular formula is C15H28N2OS. The number of aliphatic hydroxyl groups excluding tert-OH is 1. The fourth-order valence-corrected chi connectivity index (χ4v) is 2.69. The fraction of sp³-hybridized carbons (Fsp3) is 0.800. The van der Waals surface area contributed by atoms with E-state index in [-0.39, 0.29) is 0 Å². The molecule has 0 bridgehead atoms. The highest BCUT2D eigenvalue weighted by Crippen LogP contribution is 2.27. The van der Waals surface area contributed by atoms with Crippen molar-refractivity contribution >= 4 is 17.1 Å². The monoisotopic (exact) mass is 284 g/mol. The van der Waals surface area contributed by atoms with Gasteiger partial charge >= 0.3 is 0 Å². The van der Waals surface area contributed by atoms with Crippen LogP contribution in [-0.2, 0) is 0 Å². The molecule has 110 valence electrons. The van der Waals surface area contributed by atoms with Crippen LogP contribution in [-0.4, -0.2) is 40.6 Å². The molecule has 1 aliphatic rings. The SMILES string of the molecule is CCN(CC)C1=C(NCCCC(C)(C)C)C(O)C1=S. The number of nitrogens with one attached hydrogen (secondary N) is 1. The largest absolute Gasteiger partial charge is 0.384 e. The maximum atomic E-state index is 9.96. The standard InChI is InChI=1S/C15H28N2OS/c1-6-17(7-2)12-11(13(18)14(12)19)16-10-8-9-15(3,4)5/h13,16,18H,6-10H2,1-5H3. The molecule has 0 aromatic carbocycles. The van der Waals surface area contributed by atoms with Crippen molar-refractivity contribution < 1.29 is 5.11 Å². The normalized spacial score (nSPS) is 19.5. The Hall–Kier alpha value is -0.610. The quantitative estimate of drug-likeness (QED) is 0.556. The summed E-state index contributed by atoms with van der Waals surface area (Å²) in [4.78, 5) is 2.89. The molecule has 0 saturated heterocycles. The first kappa shape index (κ1) is 16.4. The maximum absolute atomic E-state index is 9.96. The fourth-order valence-electron chi connectivity index (χ4n) is 2.33. The lowest BCUT2D eigenvalue weighted by Crippen LogP contribution is -2.48. The van der Waals surface area contributed by atoms with Gasteiger partial charge in [0, 0.05) is 19.6 Å². The van der Waals surface area contributed by atoms with Gasteiger partial charge in [-0.05, 0) is 32.1 Å². The molecule has 19 heavy (non-hydrogen) atoms. The summed E-state index contributed by atoms with van der Waals surface area (Å²) in [5, 5.41) is 13.3. The molecule has 0 spiro atoms. The van der Waals surface area contributed by atoms with Gasteiger partial charge in [-0.2, -0.15) is 0 Å². The Morgan fingerprint density at radius 1 is 1.26 bits per heavy atom. The van der Waals surface area contributed by atoms with Crippen molar-refractivity contribution in [2.24, 2.45) is 5.41 Å². The highest BCUT2D eigenvalue weighted by atomic mass is 32.1. The second-order valence-corrected chi connectivity index (χ2v) is 6.73. The molecule has 1 unspecified atom stereocenters. The first-order valence-electron chi connectivity index (χ1n) is 7.27. The lowest BCUT2D eigenvalue weighted by molar-refractivity contribution is 0.238. The van der Waals surface area contributed by atoms with Crippen LogP contribution >= 0.6 is 12.2 Å². The minimum Gasteiger partial charge on any atom is -0.384 e. The lowest BCUT2D eigenvalue weighted by atomic mass is 9.90. The molecular weight excluding hydrogens is 256 g/mol. The Balaban J connectivity index is 2.56. The predicted octanol–water partition coefficient (Wildman–Crippen LogP) is 2.70. The van der Waals surface area contributed by atoms with E-state index in [2.05, 4.69) is 44.8 Å². The summed E-state index contributed by atoms with van der Waals surface area (Å²) >= 11 is 5.26. The van der Waals surface area contributed by atoms with Crippen LogP contribution in [0.1, 0.15) is 47.5 Å². The lowest BCUT2D eigenvalue weighted by Gasteiger charge is -2.38. The average molecular weight is 284 g/mol. The number of aliphatic hydroxyl groups is 1. The summed E-state index contributed by atoms with van der Waals surface area (Å²) in [6.45, 7) is 13.7. The van der Waals surface area contributed by atoms with Crippen LogP contribution in [0.15, 0.2) is 11.4 Å². The molecule has 1 atom stereocenters. The Kier molecular flexibility index (Phi) is 5.81. The third-order valence-electron chi connectivity index (χ3n) is 3.51. The Morgan fingerprint density at radius 2 is 1.84 bits per heavy atom. The molecule has 2 N–H and O–H groups in total. The van der Waals surface area contributed by atoms with Crippen LogP contribution in [0.25, 0.3) is 0 Å². The van der Waals surface area contributed by atoms with Gasteiger partial charge in [-0.3, -0.25) is 0 Å². The molecule has 0 aromatic rings. The van der Waals surface area contributed by atoms with Gasteiger partial charge in [-0.15, -0.1) is 0 Å². The van der Waals surface area contributed by atoms with E-state index in [1.807, 2.05) is 0 Å². The van der Waals surface area contributed by atoms with Gasteiger partial charge in [0.05, 0.1) is 16.3 Å². The zero-order chi connectivity index (χ0) is 14.6. The van der Waals surface area contributed by atoms with Gasteiger partial charge in [-0.25, -0.2) is 0 Å². The molecule has 0 heterocycles.